The highest BCUT2D eigenvalue weighted by atomic mass is 16.5. The first-order valence-electron chi connectivity index (χ1n) is 4.50. The number of unbranched alkanes of at least 4 members (excludes halogenated alkanes) is 1. The third-order valence-corrected chi connectivity index (χ3v) is 1.22. The fourth-order valence-electron chi connectivity index (χ4n) is 0.644. The maximum absolute atomic E-state index is 10.4. The van der Waals surface area contributed by atoms with Crippen molar-refractivity contribution < 1.29 is 9.53 Å². The van der Waals surface area contributed by atoms with E-state index in [0.29, 0.717) is 13.0 Å². The van der Waals surface area contributed by atoms with Crippen LogP contribution in [-0.4, -0.2) is 12.6 Å². The molecule has 0 spiro atoms. The minimum absolute atomic E-state index is 0.245. The Morgan fingerprint density at radius 1 is 1.43 bits per heavy atom. The number of carbonyl (C=O) groups excluding carboxylic acids is 1. The molecule has 0 unspecified atom stereocenters. The van der Waals surface area contributed by atoms with Crippen LogP contribution in [0, 0.1) is 23.7 Å². The number of rotatable bonds is 3. The van der Waals surface area contributed by atoms with Crippen LogP contribution < -0.4 is 0 Å². The highest BCUT2D eigenvalue weighted by Crippen LogP contribution is 1.88. The first-order valence-corrected chi connectivity index (χ1v) is 4.50. The summed E-state index contributed by atoms with van der Waals surface area (Å²) in [4.78, 5) is 10.4. The molecule has 2 heteroatoms. The molecule has 0 atom stereocenters. The van der Waals surface area contributed by atoms with Gasteiger partial charge in [-0.2, -0.15) is 0 Å². The molecule has 0 radical (unpaired) electrons. The van der Waals surface area contributed by atoms with Crippen molar-refractivity contribution in [3.63, 3.8) is 0 Å². The molecule has 0 aromatic heterocycles. The fourth-order valence-corrected chi connectivity index (χ4v) is 0.644. The van der Waals surface area contributed by atoms with Gasteiger partial charge in [0.2, 0.25) is 0 Å². The van der Waals surface area contributed by atoms with Crippen LogP contribution >= 0.6 is 0 Å². The normalized spacial score (nSPS) is 8.43. The molecule has 0 saturated carbocycles. The molecule has 0 fully saturated rings. The second-order valence-electron chi connectivity index (χ2n) is 2.51. The number of hydrogen-bond donors (Lipinski definition) is 0. The summed E-state index contributed by atoms with van der Waals surface area (Å²) in [6.07, 6.45) is 5.07. The Kier molecular flexibility index (Phi) is 8.29. The van der Waals surface area contributed by atoms with Gasteiger partial charge in [0.25, 0.3) is 0 Å². The zero-order chi connectivity index (χ0) is 10.6. The predicted molar refractivity (Wildman–Crippen MR) is 56.2 cm³/mol. The lowest BCUT2D eigenvalue weighted by Crippen LogP contribution is -1.99. The molecule has 0 rings (SSSR count). The number of hydrogen-bond acceptors (Lipinski definition) is 2. The van der Waals surface area contributed by atoms with E-state index in [4.69, 9.17) is 4.74 Å². The quantitative estimate of drug-likeness (QED) is 0.386. The Labute approximate surface area is 85.3 Å². The summed E-state index contributed by atoms with van der Waals surface area (Å²) in [5.41, 5.74) is 0. The zero-order valence-electron chi connectivity index (χ0n) is 8.59. The van der Waals surface area contributed by atoms with E-state index in [0.717, 1.165) is 6.42 Å². The molecular weight excluding hydrogens is 176 g/mol. The molecule has 0 N–H and O–H groups in total. The highest BCUT2D eigenvalue weighted by Gasteiger charge is 1.89. The van der Waals surface area contributed by atoms with E-state index in [1.54, 1.807) is 6.08 Å². The monoisotopic (exact) mass is 190 g/mol. The number of carbonyl (C=O) groups is 1. The molecule has 74 valence electrons. The Morgan fingerprint density at radius 3 is 2.86 bits per heavy atom. The third-order valence-electron chi connectivity index (χ3n) is 1.22. The van der Waals surface area contributed by atoms with E-state index >= 15 is 0 Å². The summed E-state index contributed by atoms with van der Waals surface area (Å²) in [5.74, 6) is 10.8. The lowest BCUT2D eigenvalue weighted by Gasteiger charge is -1.96. The molecule has 0 aromatic carbocycles. The first kappa shape index (κ1) is 12.3. The predicted octanol–water partition coefficient (Wildman–Crippen LogP) is 1.91. The summed E-state index contributed by atoms with van der Waals surface area (Å²) in [6.45, 7) is 3.74. The van der Waals surface area contributed by atoms with Crippen LogP contribution in [0.1, 0.15) is 26.7 Å². The van der Waals surface area contributed by atoms with E-state index < -0.39 is 0 Å². The van der Waals surface area contributed by atoms with Crippen molar-refractivity contribution in [1.82, 2.24) is 0 Å². The topological polar surface area (TPSA) is 26.3 Å². The van der Waals surface area contributed by atoms with Crippen molar-refractivity contribution >= 4 is 5.97 Å². The van der Waals surface area contributed by atoms with E-state index in [9.17, 15) is 4.79 Å². The Morgan fingerprint density at radius 2 is 2.21 bits per heavy atom. The minimum Gasteiger partial charge on any atom is -0.466 e. The van der Waals surface area contributed by atoms with Crippen LogP contribution in [0.4, 0.5) is 0 Å². The summed E-state index contributed by atoms with van der Waals surface area (Å²) < 4.78 is 4.73. The van der Waals surface area contributed by atoms with Crippen molar-refractivity contribution in [3.05, 3.63) is 12.2 Å². The van der Waals surface area contributed by atoms with Gasteiger partial charge in [-0.15, -0.1) is 0 Å². The van der Waals surface area contributed by atoms with Gasteiger partial charge >= 0.3 is 5.97 Å². The Hall–Kier alpha value is -1.67. The molecule has 0 saturated heterocycles. The summed E-state index contributed by atoms with van der Waals surface area (Å²) >= 11 is 0. The molecule has 0 amide bonds. The van der Waals surface area contributed by atoms with Crippen LogP contribution in [0.2, 0.25) is 0 Å². The summed E-state index contributed by atoms with van der Waals surface area (Å²) in [7, 11) is 0. The summed E-state index contributed by atoms with van der Waals surface area (Å²) in [5, 5.41) is 0. The zero-order valence-corrected chi connectivity index (χ0v) is 8.59. The van der Waals surface area contributed by atoms with Gasteiger partial charge in [-0.25, -0.2) is 0 Å². The standard InChI is InChI=1S/C12H14O2/c1-3-4-5-6-7-8-9-10-11-14-12(2)13/h3-4H,9-11H2,1-2H3. The second kappa shape index (κ2) is 9.42. The lowest BCUT2D eigenvalue weighted by atomic mass is 10.3. The van der Waals surface area contributed by atoms with Gasteiger partial charge in [0.05, 0.1) is 6.61 Å². The van der Waals surface area contributed by atoms with Crippen molar-refractivity contribution in [3.8, 4) is 23.7 Å². The Balaban J connectivity index is 3.45. The molecule has 0 aromatic rings. The van der Waals surface area contributed by atoms with Gasteiger partial charge in [0.15, 0.2) is 0 Å². The van der Waals surface area contributed by atoms with E-state index in [1.165, 1.54) is 6.92 Å². The second-order valence-corrected chi connectivity index (χ2v) is 2.51. The molecular formula is C12H14O2. The average molecular weight is 190 g/mol. The van der Waals surface area contributed by atoms with Crippen LogP contribution in [0.5, 0.6) is 0 Å². The van der Waals surface area contributed by atoms with Gasteiger partial charge in [-0.05, 0) is 31.3 Å². The van der Waals surface area contributed by atoms with Crippen LogP contribution in [0.25, 0.3) is 0 Å². The number of allylic oxidation sites excluding steroid dienone is 2. The smallest absolute Gasteiger partial charge is 0.302 e. The maximum Gasteiger partial charge on any atom is 0.302 e. The lowest BCUT2D eigenvalue weighted by molar-refractivity contribution is -0.141. The van der Waals surface area contributed by atoms with Crippen LogP contribution in [0.15, 0.2) is 12.2 Å². The fraction of sp³-hybridized carbons (Fsp3) is 0.417. The van der Waals surface area contributed by atoms with Gasteiger partial charge in [0, 0.05) is 13.3 Å². The van der Waals surface area contributed by atoms with Crippen molar-refractivity contribution in [2.75, 3.05) is 6.61 Å². The molecule has 0 bridgehead atoms. The first-order chi connectivity index (χ1) is 6.77. The minimum atomic E-state index is -0.245. The van der Waals surface area contributed by atoms with E-state index in [2.05, 4.69) is 23.7 Å². The Bertz CT molecular complexity index is 305. The summed E-state index contributed by atoms with van der Waals surface area (Å²) in [6, 6.07) is 0. The highest BCUT2D eigenvalue weighted by molar-refractivity contribution is 5.65. The largest absolute Gasteiger partial charge is 0.466 e. The van der Waals surface area contributed by atoms with Gasteiger partial charge in [-0.3, -0.25) is 4.79 Å². The molecule has 2 nitrogen and oxygen atoms in total. The van der Waals surface area contributed by atoms with E-state index in [1.807, 2.05) is 13.0 Å². The molecule has 14 heavy (non-hydrogen) atoms. The van der Waals surface area contributed by atoms with Gasteiger partial charge < -0.3 is 4.74 Å². The van der Waals surface area contributed by atoms with Crippen LogP contribution in [0.3, 0.4) is 0 Å². The van der Waals surface area contributed by atoms with E-state index in [-0.39, 0.29) is 5.97 Å². The third kappa shape index (κ3) is 10.3. The number of esters is 1. The van der Waals surface area contributed by atoms with Gasteiger partial charge in [0.1, 0.15) is 0 Å². The van der Waals surface area contributed by atoms with Gasteiger partial charge in [-0.1, -0.05) is 17.9 Å². The molecule has 0 aliphatic carbocycles. The van der Waals surface area contributed by atoms with Crippen molar-refractivity contribution in [2.45, 2.75) is 26.7 Å². The SMILES string of the molecule is CC=CC#CC#CCCCOC(C)=O. The molecule has 0 aliphatic heterocycles. The maximum atomic E-state index is 10.4. The molecule has 0 aliphatic rings. The van der Waals surface area contributed by atoms with Crippen LogP contribution in [-0.2, 0) is 9.53 Å². The average Bonchev–Trinajstić information content (AvgIpc) is 2.15. The van der Waals surface area contributed by atoms with Crippen molar-refractivity contribution in [1.29, 1.82) is 0 Å². The number of ether oxygens (including phenoxy) is 1. The molecule has 0 heterocycles. The van der Waals surface area contributed by atoms with Crippen molar-refractivity contribution in [2.24, 2.45) is 0 Å².